The van der Waals surface area contributed by atoms with E-state index in [4.69, 9.17) is 16.3 Å². The average Bonchev–Trinajstić information content (AvgIpc) is 3.30. The fourth-order valence-electron chi connectivity index (χ4n) is 3.45. The van der Waals surface area contributed by atoms with Gasteiger partial charge in [0.25, 0.3) is 5.56 Å². The van der Waals surface area contributed by atoms with Crippen LogP contribution in [0.2, 0.25) is 5.02 Å². The van der Waals surface area contributed by atoms with E-state index in [1.165, 1.54) is 42.5 Å². The van der Waals surface area contributed by atoms with E-state index in [-0.39, 0.29) is 21.5 Å². The molecule has 5 nitrogen and oxygen atoms in total. The summed E-state index contributed by atoms with van der Waals surface area (Å²) in [7, 11) is 0. The number of esters is 1. The first-order valence-corrected chi connectivity index (χ1v) is 11.8. The number of allylic oxidation sites excluding steroid dienone is 1. The highest BCUT2D eigenvalue weighted by atomic mass is 35.5. The molecule has 0 unspecified atom stereocenters. The molecule has 3 aromatic rings. The lowest BCUT2D eigenvalue weighted by molar-refractivity contribution is -0.140. The van der Waals surface area contributed by atoms with Gasteiger partial charge in [0.05, 0.1) is 22.8 Å². The minimum absolute atomic E-state index is 0.136. The number of rotatable bonds is 4. The molecular weight excluding hydrogens is 497 g/mol. The van der Waals surface area contributed by atoms with Gasteiger partial charge in [0.15, 0.2) is 10.5 Å². The molecule has 0 bridgehead atoms. The van der Waals surface area contributed by atoms with E-state index in [9.17, 15) is 22.8 Å². The van der Waals surface area contributed by atoms with Crippen LogP contribution in [0.3, 0.4) is 0 Å². The molecule has 0 amide bonds. The summed E-state index contributed by atoms with van der Waals surface area (Å²) in [5.74, 6) is -1.18. The van der Waals surface area contributed by atoms with Crippen LogP contribution in [-0.2, 0) is 9.53 Å². The largest absolute Gasteiger partial charge is 0.463 e. The third-order valence-electron chi connectivity index (χ3n) is 4.94. The number of carbonyl (C=O) groups is 1. The molecule has 172 valence electrons. The van der Waals surface area contributed by atoms with E-state index >= 15 is 0 Å². The fraction of sp³-hybridized carbons (Fsp3) is 0.227. The number of hydrogen-bond donors (Lipinski definition) is 0. The molecule has 0 N–H and O–H groups in total. The van der Waals surface area contributed by atoms with Crippen molar-refractivity contribution in [3.05, 3.63) is 87.7 Å². The van der Waals surface area contributed by atoms with Crippen LogP contribution in [0, 0.1) is 6.92 Å². The first-order chi connectivity index (χ1) is 15.6. The molecule has 4 rings (SSSR count). The Hall–Kier alpha value is -2.69. The number of aromatic nitrogens is 1. The molecule has 1 aromatic carbocycles. The van der Waals surface area contributed by atoms with Crippen molar-refractivity contribution < 1.29 is 22.7 Å². The van der Waals surface area contributed by atoms with Crippen LogP contribution >= 0.6 is 34.3 Å². The van der Waals surface area contributed by atoms with E-state index in [2.05, 4.69) is 4.99 Å². The van der Waals surface area contributed by atoms with Gasteiger partial charge in [0.2, 0.25) is 0 Å². The van der Waals surface area contributed by atoms with Gasteiger partial charge >= 0.3 is 12.1 Å². The molecule has 0 fully saturated rings. The highest BCUT2D eigenvalue weighted by molar-refractivity contribution is 7.11. The van der Waals surface area contributed by atoms with E-state index in [0.29, 0.717) is 5.02 Å². The smallest absolute Gasteiger partial charge is 0.434 e. The van der Waals surface area contributed by atoms with Crippen LogP contribution < -0.4 is 14.9 Å². The molecule has 11 heteroatoms. The third kappa shape index (κ3) is 4.42. The number of carbonyl (C=O) groups excluding carboxylic acids is 1. The minimum Gasteiger partial charge on any atom is -0.463 e. The first-order valence-electron chi connectivity index (χ1n) is 9.71. The van der Waals surface area contributed by atoms with Crippen molar-refractivity contribution in [2.24, 2.45) is 4.99 Å². The fourth-order valence-corrected chi connectivity index (χ4v) is 5.49. The Morgan fingerprint density at radius 2 is 1.97 bits per heavy atom. The molecular formula is C22H16ClF3N2O3S2. The maximum Gasteiger partial charge on any atom is 0.434 e. The normalized spacial score (nSPS) is 16.5. The van der Waals surface area contributed by atoms with Crippen LogP contribution in [0.15, 0.2) is 56.8 Å². The summed E-state index contributed by atoms with van der Waals surface area (Å²) in [6.07, 6.45) is -3.31. The Balaban J connectivity index is 2.07. The predicted molar refractivity (Wildman–Crippen MR) is 121 cm³/mol. The Bertz CT molecular complexity index is 1430. The highest BCUT2D eigenvalue weighted by Crippen LogP contribution is 2.38. The molecule has 0 saturated heterocycles. The SMILES string of the molecule is CCOC(=O)C1=C(C(F)(F)F)N=c2s/c(=C\c3sccc3C)c(=O)n2[C@@H]1c1ccc(Cl)cc1. The number of alkyl halides is 3. The molecule has 2 aromatic heterocycles. The monoisotopic (exact) mass is 512 g/mol. The van der Waals surface area contributed by atoms with Gasteiger partial charge in [-0.3, -0.25) is 9.36 Å². The summed E-state index contributed by atoms with van der Waals surface area (Å²) < 4.78 is 48.4. The van der Waals surface area contributed by atoms with Crippen molar-refractivity contribution in [2.45, 2.75) is 26.1 Å². The molecule has 1 aliphatic rings. The average molecular weight is 513 g/mol. The van der Waals surface area contributed by atoms with Crippen molar-refractivity contribution >= 4 is 46.3 Å². The van der Waals surface area contributed by atoms with E-state index in [1.807, 2.05) is 18.4 Å². The van der Waals surface area contributed by atoms with Crippen LogP contribution in [0.25, 0.3) is 6.08 Å². The maximum atomic E-state index is 14.0. The van der Waals surface area contributed by atoms with Crippen molar-refractivity contribution in [3.63, 3.8) is 0 Å². The number of halogens is 4. The summed E-state index contributed by atoms with van der Waals surface area (Å²) in [4.78, 5) is 30.5. The van der Waals surface area contributed by atoms with Crippen LogP contribution in [0.5, 0.6) is 0 Å². The van der Waals surface area contributed by atoms with Crippen molar-refractivity contribution in [2.75, 3.05) is 6.61 Å². The zero-order valence-corrected chi connectivity index (χ0v) is 19.7. The van der Waals surface area contributed by atoms with E-state index in [1.54, 1.807) is 6.08 Å². The molecule has 0 saturated carbocycles. The molecule has 0 spiro atoms. The topological polar surface area (TPSA) is 60.7 Å². The van der Waals surface area contributed by atoms with Gasteiger partial charge in [-0.2, -0.15) is 13.2 Å². The molecule has 3 heterocycles. The standard InChI is InChI=1S/C22H16ClF3N2O3S2/c1-3-31-20(30)16-17(12-4-6-13(23)7-5-12)28-19(29)15(10-14-11(2)8-9-32-14)33-21(28)27-18(16)22(24,25)26/h4-10,17H,3H2,1-2H3/b15-10-/t17-/m1/s1. The van der Waals surface area contributed by atoms with Crippen LogP contribution in [0.4, 0.5) is 13.2 Å². The molecule has 1 atom stereocenters. The number of hydrogen-bond acceptors (Lipinski definition) is 6. The van der Waals surface area contributed by atoms with E-state index in [0.717, 1.165) is 26.3 Å². The number of thiophene rings is 1. The van der Waals surface area contributed by atoms with Gasteiger partial charge in [0.1, 0.15) is 0 Å². The number of fused-ring (bicyclic) bond motifs is 1. The summed E-state index contributed by atoms with van der Waals surface area (Å²) in [6, 6.07) is 6.43. The number of thiazole rings is 1. The summed E-state index contributed by atoms with van der Waals surface area (Å²) in [6.45, 7) is 3.22. The van der Waals surface area contributed by atoms with Gasteiger partial charge in [-0.05, 0) is 54.6 Å². The number of aryl methyl sites for hydroxylation is 1. The van der Waals surface area contributed by atoms with Gasteiger partial charge in [-0.25, -0.2) is 9.79 Å². The first kappa shape index (κ1) is 23.5. The Morgan fingerprint density at radius 1 is 1.27 bits per heavy atom. The summed E-state index contributed by atoms with van der Waals surface area (Å²) >= 11 is 8.21. The second-order valence-corrected chi connectivity index (χ2v) is 9.48. The Labute approximate surface area is 198 Å². The van der Waals surface area contributed by atoms with Crippen LogP contribution in [-0.4, -0.2) is 23.3 Å². The van der Waals surface area contributed by atoms with Gasteiger partial charge in [-0.1, -0.05) is 35.1 Å². The molecule has 0 radical (unpaired) electrons. The molecule has 0 aliphatic carbocycles. The van der Waals surface area contributed by atoms with E-state index < -0.39 is 35.0 Å². The molecule has 33 heavy (non-hydrogen) atoms. The van der Waals surface area contributed by atoms with Gasteiger partial charge in [0, 0.05) is 9.90 Å². The minimum atomic E-state index is -4.94. The van der Waals surface area contributed by atoms with Crippen molar-refractivity contribution in [3.8, 4) is 0 Å². The lowest BCUT2D eigenvalue weighted by Crippen LogP contribution is -2.41. The second kappa shape index (κ2) is 8.92. The Morgan fingerprint density at radius 3 is 2.55 bits per heavy atom. The maximum absolute atomic E-state index is 14.0. The van der Waals surface area contributed by atoms with Crippen LogP contribution in [0.1, 0.15) is 29.0 Å². The zero-order valence-electron chi connectivity index (χ0n) is 17.3. The number of benzene rings is 1. The van der Waals surface area contributed by atoms with Gasteiger partial charge in [-0.15, -0.1) is 11.3 Å². The number of nitrogens with zero attached hydrogens (tertiary/aromatic N) is 2. The summed E-state index contributed by atoms with van der Waals surface area (Å²) in [5, 5.41) is 2.21. The number of ether oxygens (including phenoxy) is 1. The van der Waals surface area contributed by atoms with Crippen molar-refractivity contribution in [1.82, 2.24) is 4.57 Å². The quantitative estimate of drug-likeness (QED) is 0.488. The second-order valence-electron chi connectivity index (χ2n) is 7.08. The molecule has 1 aliphatic heterocycles. The van der Waals surface area contributed by atoms with Crippen molar-refractivity contribution in [1.29, 1.82) is 0 Å². The van der Waals surface area contributed by atoms with Gasteiger partial charge < -0.3 is 4.74 Å². The Kier molecular flexibility index (Phi) is 6.35. The highest BCUT2D eigenvalue weighted by Gasteiger charge is 2.45. The zero-order chi connectivity index (χ0) is 23.9. The summed E-state index contributed by atoms with van der Waals surface area (Å²) in [5.41, 5.74) is -1.45. The predicted octanol–water partition coefficient (Wildman–Crippen LogP) is 4.36. The lowest BCUT2D eigenvalue weighted by atomic mass is 9.95. The third-order valence-corrected chi connectivity index (χ3v) is 7.15. The lowest BCUT2D eigenvalue weighted by Gasteiger charge is -2.26.